The first-order chi connectivity index (χ1) is 13.8. The van der Waals surface area contributed by atoms with Gasteiger partial charge in [0.2, 0.25) is 5.91 Å². The van der Waals surface area contributed by atoms with Crippen LogP contribution in [-0.4, -0.2) is 29.8 Å². The number of piperidine rings is 1. The molecule has 1 unspecified atom stereocenters. The molecule has 0 radical (unpaired) electrons. The summed E-state index contributed by atoms with van der Waals surface area (Å²) in [6, 6.07) is 11.2. The zero-order valence-electron chi connectivity index (χ0n) is 16.5. The average molecular weight is 396 g/mol. The third-order valence-electron chi connectivity index (χ3n) is 4.90. The van der Waals surface area contributed by atoms with Crippen molar-refractivity contribution in [2.24, 2.45) is 5.92 Å². The number of hydrogen-bond acceptors (Lipinski definition) is 5. The standard InChI is InChI=1S/C21H24N4O4/c1-14-4-3-11-24(13-14)19-10-5-16(12-20(19)25(28)29)21(27)23-18-8-6-17(7-9-18)22-15(2)26/h5-10,12,14H,3-4,11,13H2,1-2H3,(H,22,26)(H,23,27). The lowest BCUT2D eigenvalue weighted by Crippen LogP contribution is -2.34. The highest BCUT2D eigenvalue weighted by atomic mass is 16.6. The molecule has 2 aromatic rings. The highest BCUT2D eigenvalue weighted by Crippen LogP contribution is 2.32. The van der Waals surface area contributed by atoms with E-state index in [1.807, 2.05) is 4.90 Å². The molecule has 2 N–H and O–H groups in total. The summed E-state index contributed by atoms with van der Waals surface area (Å²) in [7, 11) is 0. The normalized spacial score (nSPS) is 16.2. The van der Waals surface area contributed by atoms with E-state index in [1.165, 1.54) is 13.0 Å². The van der Waals surface area contributed by atoms with Crippen molar-refractivity contribution in [2.45, 2.75) is 26.7 Å². The van der Waals surface area contributed by atoms with Crippen molar-refractivity contribution >= 4 is 34.6 Å². The van der Waals surface area contributed by atoms with Crippen LogP contribution in [0.3, 0.4) is 0 Å². The van der Waals surface area contributed by atoms with Gasteiger partial charge < -0.3 is 15.5 Å². The van der Waals surface area contributed by atoms with E-state index in [9.17, 15) is 19.7 Å². The number of benzene rings is 2. The van der Waals surface area contributed by atoms with E-state index in [-0.39, 0.29) is 17.2 Å². The van der Waals surface area contributed by atoms with Crippen molar-refractivity contribution in [3.8, 4) is 0 Å². The first kappa shape index (κ1) is 20.3. The molecule has 0 bridgehead atoms. The van der Waals surface area contributed by atoms with E-state index in [0.29, 0.717) is 23.0 Å². The van der Waals surface area contributed by atoms with Gasteiger partial charge in [-0.05, 0) is 55.2 Å². The Hall–Kier alpha value is -3.42. The van der Waals surface area contributed by atoms with Gasteiger partial charge in [0.25, 0.3) is 11.6 Å². The molecule has 1 aliphatic rings. The van der Waals surface area contributed by atoms with E-state index in [1.54, 1.807) is 36.4 Å². The van der Waals surface area contributed by atoms with Gasteiger partial charge in [0.05, 0.1) is 4.92 Å². The van der Waals surface area contributed by atoms with Crippen LogP contribution < -0.4 is 15.5 Å². The molecule has 2 aromatic carbocycles. The number of nitro groups is 1. The van der Waals surface area contributed by atoms with Crippen molar-refractivity contribution < 1.29 is 14.5 Å². The summed E-state index contributed by atoms with van der Waals surface area (Å²) in [4.78, 5) is 36.8. The predicted octanol–water partition coefficient (Wildman–Crippen LogP) is 4.04. The fourth-order valence-corrected chi connectivity index (χ4v) is 3.53. The summed E-state index contributed by atoms with van der Waals surface area (Å²) in [5.74, 6) is -0.136. The van der Waals surface area contributed by atoms with E-state index < -0.39 is 10.8 Å². The Kier molecular flexibility index (Phi) is 6.11. The number of carbonyl (C=O) groups is 2. The van der Waals surface area contributed by atoms with Crippen molar-refractivity contribution in [3.63, 3.8) is 0 Å². The Labute approximate surface area is 169 Å². The topological polar surface area (TPSA) is 105 Å². The van der Waals surface area contributed by atoms with Gasteiger partial charge in [0.1, 0.15) is 5.69 Å². The summed E-state index contributed by atoms with van der Waals surface area (Å²) in [6.45, 7) is 5.10. The molecular formula is C21H24N4O4. The largest absolute Gasteiger partial charge is 0.366 e. The number of carbonyl (C=O) groups excluding carboxylic acids is 2. The molecule has 0 aliphatic carbocycles. The fraction of sp³-hybridized carbons (Fsp3) is 0.333. The highest BCUT2D eigenvalue weighted by molar-refractivity contribution is 6.05. The first-order valence-electron chi connectivity index (χ1n) is 9.56. The van der Waals surface area contributed by atoms with Gasteiger partial charge in [0, 0.05) is 43.0 Å². The Morgan fingerprint density at radius 3 is 2.34 bits per heavy atom. The molecule has 1 aliphatic heterocycles. The lowest BCUT2D eigenvalue weighted by atomic mass is 9.99. The minimum atomic E-state index is -0.437. The number of amides is 2. The Balaban J connectivity index is 1.77. The maximum atomic E-state index is 12.6. The van der Waals surface area contributed by atoms with Crippen LogP contribution in [-0.2, 0) is 4.79 Å². The summed E-state index contributed by atoms with van der Waals surface area (Å²) >= 11 is 0. The van der Waals surface area contributed by atoms with Gasteiger partial charge in [-0.25, -0.2) is 0 Å². The molecule has 8 heteroatoms. The lowest BCUT2D eigenvalue weighted by molar-refractivity contribution is -0.384. The van der Waals surface area contributed by atoms with Crippen LogP contribution in [0.1, 0.15) is 37.0 Å². The molecule has 0 saturated carbocycles. The molecule has 1 fully saturated rings. The molecule has 0 aromatic heterocycles. The van der Waals surface area contributed by atoms with Crippen molar-refractivity contribution in [1.29, 1.82) is 0 Å². The van der Waals surface area contributed by atoms with Gasteiger partial charge in [0.15, 0.2) is 0 Å². The zero-order chi connectivity index (χ0) is 21.0. The number of anilines is 3. The fourth-order valence-electron chi connectivity index (χ4n) is 3.53. The second-order valence-electron chi connectivity index (χ2n) is 7.37. The Bertz CT molecular complexity index is 927. The van der Waals surface area contributed by atoms with Crippen LogP contribution >= 0.6 is 0 Å². The molecule has 1 saturated heterocycles. The molecule has 1 heterocycles. The number of nitrogens with zero attached hydrogens (tertiary/aromatic N) is 2. The minimum absolute atomic E-state index is 0.0623. The van der Waals surface area contributed by atoms with Gasteiger partial charge in [-0.2, -0.15) is 0 Å². The molecular weight excluding hydrogens is 372 g/mol. The predicted molar refractivity (Wildman–Crippen MR) is 112 cm³/mol. The van der Waals surface area contributed by atoms with Crippen molar-refractivity contribution in [2.75, 3.05) is 28.6 Å². The van der Waals surface area contributed by atoms with E-state index in [2.05, 4.69) is 17.6 Å². The van der Waals surface area contributed by atoms with E-state index in [4.69, 9.17) is 0 Å². The van der Waals surface area contributed by atoms with E-state index in [0.717, 1.165) is 25.9 Å². The van der Waals surface area contributed by atoms with Crippen LogP contribution in [0.15, 0.2) is 42.5 Å². The van der Waals surface area contributed by atoms with Crippen molar-refractivity contribution in [3.05, 3.63) is 58.1 Å². The number of hydrogen-bond donors (Lipinski definition) is 2. The second-order valence-corrected chi connectivity index (χ2v) is 7.37. The van der Waals surface area contributed by atoms with Gasteiger partial charge in [-0.15, -0.1) is 0 Å². The maximum Gasteiger partial charge on any atom is 0.293 e. The van der Waals surface area contributed by atoms with Crippen LogP contribution in [0.2, 0.25) is 0 Å². The van der Waals surface area contributed by atoms with Gasteiger partial charge >= 0.3 is 0 Å². The zero-order valence-corrected chi connectivity index (χ0v) is 16.5. The third kappa shape index (κ3) is 5.10. The smallest absolute Gasteiger partial charge is 0.293 e. The number of nitro benzene ring substituents is 1. The first-order valence-corrected chi connectivity index (χ1v) is 9.56. The second kappa shape index (κ2) is 8.72. The molecule has 2 amide bonds. The van der Waals surface area contributed by atoms with Gasteiger partial charge in [-0.1, -0.05) is 6.92 Å². The summed E-state index contributed by atoms with van der Waals surface area (Å²) in [6.07, 6.45) is 2.11. The van der Waals surface area contributed by atoms with Gasteiger partial charge in [-0.3, -0.25) is 19.7 Å². The Morgan fingerprint density at radius 2 is 1.76 bits per heavy atom. The van der Waals surface area contributed by atoms with Crippen LogP contribution in [0.5, 0.6) is 0 Å². The lowest BCUT2D eigenvalue weighted by Gasteiger charge is -2.32. The van der Waals surface area contributed by atoms with Crippen LogP contribution in [0.4, 0.5) is 22.7 Å². The highest BCUT2D eigenvalue weighted by Gasteiger charge is 2.25. The van der Waals surface area contributed by atoms with E-state index >= 15 is 0 Å². The maximum absolute atomic E-state index is 12.6. The van der Waals surface area contributed by atoms with Crippen LogP contribution in [0.25, 0.3) is 0 Å². The quantitative estimate of drug-likeness (QED) is 0.586. The molecule has 1 atom stereocenters. The number of nitrogens with one attached hydrogen (secondary N) is 2. The SMILES string of the molecule is CC(=O)Nc1ccc(NC(=O)c2ccc(N3CCCC(C)C3)c([N+](=O)[O-])c2)cc1. The number of rotatable bonds is 5. The average Bonchev–Trinajstić information content (AvgIpc) is 2.68. The molecule has 8 nitrogen and oxygen atoms in total. The molecule has 29 heavy (non-hydrogen) atoms. The summed E-state index contributed by atoms with van der Waals surface area (Å²) in [5, 5.41) is 17.0. The Morgan fingerprint density at radius 1 is 1.10 bits per heavy atom. The van der Waals surface area contributed by atoms with Crippen molar-refractivity contribution in [1.82, 2.24) is 0 Å². The minimum Gasteiger partial charge on any atom is -0.366 e. The molecule has 3 rings (SSSR count). The summed E-state index contributed by atoms with van der Waals surface area (Å²) < 4.78 is 0. The monoisotopic (exact) mass is 396 g/mol. The summed E-state index contributed by atoms with van der Waals surface area (Å²) in [5.41, 5.74) is 1.86. The third-order valence-corrected chi connectivity index (χ3v) is 4.90. The molecule has 152 valence electrons. The molecule has 0 spiro atoms. The van der Waals surface area contributed by atoms with Crippen LogP contribution in [0, 0.1) is 16.0 Å².